The molecule has 0 aromatic carbocycles. The average Bonchev–Trinajstić information content (AvgIpc) is 2.68. The zero-order valence-electron chi connectivity index (χ0n) is 11.8. The number of anilines is 1. The molecule has 1 N–H and O–H groups in total. The van der Waals surface area contributed by atoms with Crippen molar-refractivity contribution in [2.45, 2.75) is 25.8 Å². The van der Waals surface area contributed by atoms with Gasteiger partial charge >= 0.3 is 0 Å². The largest absolute Gasteiger partial charge is 0.381 e. The first-order valence-corrected chi connectivity index (χ1v) is 6.64. The molecule has 0 atom stereocenters. The fraction of sp³-hybridized carbons (Fsp3) is 0.692. The number of carbonyl (C=O) groups excluding carboxylic acids is 1. The molecule has 1 aromatic heterocycles. The van der Waals surface area contributed by atoms with Crippen LogP contribution in [0.25, 0.3) is 0 Å². The van der Waals surface area contributed by atoms with Crippen molar-refractivity contribution in [3.63, 3.8) is 0 Å². The first kappa shape index (κ1) is 14.0. The summed E-state index contributed by atoms with van der Waals surface area (Å²) in [7, 11) is 3.84. The second kappa shape index (κ2) is 6.16. The summed E-state index contributed by atoms with van der Waals surface area (Å²) in [6, 6.07) is 0.439. The van der Waals surface area contributed by atoms with Crippen LogP contribution < -0.4 is 5.32 Å². The number of nitrogens with zero attached hydrogens (tertiary/aromatic N) is 3. The number of ether oxygens (including phenoxy) is 1. The molecule has 1 amide bonds. The van der Waals surface area contributed by atoms with E-state index in [2.05, 4.69) is 15.3 Å². The van der Waals surface area contributed by atoms with Gasteiger partial charge in [-0.3, -0.25) is 14.4 Å². The summed E-state index contributed by atoms with van der Waals surface area (Å²) < 4.78 is 7.03. The summed E-state index contributed by atoms with van der Waals surface area (Å²) in [4.78, 5) is 14.1. The van der Waals surface area contributed by atoms with Gasteiger partial charge in [0.2, 0.25) is 5.91 Å². The highest BCUT2D eigenvalue weighted by Gasteiger charge is 2.20. The lowest BCUT2D eigenvalue weighted by molar-refractivity contribution is -0.118. The molecule has 1 fully saturated rings. The molecular weight excluding hydrogens is 244 g/mol. The van der Waals surface area contributed by atoms with Crippen LogP contribution in [0, 0.1) is 6.92 Å². The van der Waals surface area contributed by atoms with Crippen LogP contribution >= 0.6 is 0 Å². The number of aryl methyl sites for hydroxylation is 2. The van der Waals surface area contributed by atoms with Gasteiger partial charge < -0.3 is 10.1 Å². The molecule has 1 aliphatic rings. The van der Waals surface area contributed by atoms with E-state index in [1.54, 1.807) is 4.68 Å². The monoisotopic (exact) mass is 266 g/mol. The number of rotatable bonds is 4. The SMILES string of the molecule is Cc1nn(C)cc1NC(=O)CN(C)C1CCOCC1. The highest BCUT2D eigenvalue weighted by Crippen LogP contribution is 2.14. The number of amides is 1. The van der Waals surface area contributed by atoms with E-state index < -0.39 is 0 Å². The van der Waals surface area contributed by atoms with Gasteiger partial charge in [-0.25, -0.2) is 0 Å². The Morgan fingerprint density at radius 2 is 2.26 bits per heavy atom. The van der Waals surface area contributed by atoms with Gasteiger partial charge in [0.1, 0.15) is 0 Å². The van der Waals surface area contributed by atoms with Crippen molar-refractivity contribution in [1.29, 1.82) is 0 Å². The van der Waals surface area contributed by atoms with Crippen molar-refractivity contribution in [3.05, 3.63) is 11.9 Å². The van der Waals surface area contributed by atoms with E-state index in [4.69, 9.17) is 4.74 Å². The standard InChI is InChI=1S/C13H22N4O2/c1-10-12(8-17(3)15-10)14-13(18)9-16(2)11-4-6-19-7-5-11/h8,11H,4-7,9H2,1-3H3,(H,14,18). The lowest BCUT2D eigenvalue weighted by Crippen LogP contribution is -2.41. The molecule has 1 aromatic rings. The molecule has 106 valence electrons. The Hall–Kier alpha value is -1.40. The minimum absolute atomic E-state index is 0.00471. The zero-order valence-corrected chi connectivity index (χ0v) is 11.8. The Balaban J connectivity index is 1.85. The summed E-state index contributed by atoms with van der Waals surface area (Å²) in [6.07, 6.45) is 3.81. The molecule has 6 nitrogen and oxygen atoms in total. The van der Waals surface area contributed by atoms with Crippen LogP contribution in [0.3, 0.4) is 0 Å². The van der Waals surface area contributed by atoms with E-state index in [1.807, 2.05) is 27.2 Å². The van der Waals surface area contributed by atoms with Crippen molar-refractivity contribution >= 4 is 11.6 Å². The molecule has 2 rings (SSSR count). The average molecular weight is 266 g/mol. The van der Waals surface area contributed by atoms with E-state index in [1.165, 1.54) is 0 Å². The minimum Gasteiger partial charge on any atom is -0.381 e. The molecule has 19 heavy (non-hydrogen) atoms. The first-order chi connectivity index (χ1) is 9.06. The quantitative estimate of drug-likeness (QED) is 0.875. The summed E-state index contributed by atoms with van der Waals surface area (Å²) in [5, 5.41) is 7.11. The number of hydrogen-bond acceptors (Lipinski definition) is 4. The molecule has 2 heterocycles. The molecule has 6 heteroatoms. The number of aromatic nitrogens is 2. The first-order valence-electron chi connectivity index (χ1n) is 6.64. The van der Waals surface area contributed by atoms with Gasteiger partial charge in [-0.05, 0) is 26.8 Å². The Morgan fingerprint density at radius 3 is 2.84 bits per heavy atom. The van der Waals surface area contributed by atoms with Gasteiger partial charge in [0, 0.05) is 32.5 Å². The molecular formula is C13H22N4O2. The minimum atomic E-state index is 0.00471. The van der Waals surface area contributed by atoms with E-state index in [0.29, 0.717) is 12.6 Å². The van der Waals surface area contributed by atoms with Crippen LogP contribution in [-0.4, -0.2) is 53.4 Å². The van der Waals surface area contributed by atoms with Crippen molar-refractivity contribution < 1.29 is 9.53 Å². The molecule has 0 spiro atoms. The number of hydrogen-bond donors (Lipinski definition) is 1. The van der Waals surface area contributed by atoms with Crippen molar-refractivity contribution in [3.8, 4) is 0 Å². The summed E-state index contributed by atoms with van der Waals surface area (Å²) >= 11 is 0. The fourth-order valence-electron chi connectivity index (χ4n) is 2.39. The van der Waals surface area contributed by atoms with Crippen LogP contribution in [-0.2, 0) is 16.6 Å². The second-order valence-corrected chi connectivity index (χ2v) is 5.11. The Labute approximate surface area is 113 Å². The second-order valence-electron chi connectivity index (χ2n) is 5.11. The summed E-state index contributed by atoms with van der Waals surface area (Å²) in [6.45, 7) is 3.87. The van der Waals surface area contributed by atoms with Crippen molar-refractivity contribution in [2.75, 3.05) is 32.1 Å². The summed E-state index contributed by atoms with van der Waals surface area (Å²) in [5.41, 5.74) is 1.62. The third-order valence-electron chi connectivity index (χ3n) is 3.49. The molecule has 0 unspecified atom stereocenters. The Kier molecular flexibility index (Phi) is 4.55. The third-order valence-corrected chi connectivity index (χ3v) is 3.49. The zero-order chi connectivity index (χ0) is 13.8. The molecule has 0 aliphatic carbocycles. The van der Waals surface area contributed by atoms with E-state index in [-0.39, 0.29) is 5.91 Å². The van der Waals surface area contributed by atoms with Gasteiger partial charge in [-0.2, -0.15) is 5.10 Å². The maximum Gasteiger partial charge on any atom is 0.238 e. The Bertz CT molecular complexity index is 438. The van der Waals surface area contributed by atoms with Crippen molar-refractivity contribution in [1.82, 2.24) is 14.7 Å². The normalized spacial score (nSPS) is 16.8. The van der Waals surface area contributed by atoms with Crippen LogP contribution in [0.2, 0.25) is 0 Å². The molecule has 0 bridgehead atoms. The van der Waals surface area contributed by atoms with E-state index in [0.717, 1.165) is 37.4 Å². The van der Waals surface area contributed by atoms with Crippen LogP contribution in [0.5, 0.6) is 0 Å². The van der Waals surface area contributed by atoms with Gasteiger partial charge in [0.05, 0.1) is 17.9 Å². The third kappa shape index (κ3) is 3.78. The Morgan fingerprint density at radius 1 is 1.58 bits per heavy atom. The van der Waals surface area contributed by atoms with Crippen LogP contribution in [0.15, 0.2) is 6.20 Å². The number of carbonyl (C=O) groups is 1. The van der Waals surface area contributed by atoms with Gasteiger partial charge in [0.25, 0.3) is 0 Å². The number of likely N-dealkylation sites (N-methyl/N-ethyl adjacent to an activating group) is 1. The van der Waals surface area contributed by atoms with E-state index >= 15 is 0 Å². The molecule has 0 radical (unpaired) electrons. The van der Waals surface area contributed by atoms with Gasteiger partial charge in [0.15, 0.2) is 0 Å². The lowest BCUT2D eigenvalue weighted by Gasteiger charge is -2.30. The molecule has 0 saturated carbocycles. The maximum atomic E-state index is 12.0. The molecule has 1 saturated heterocycles. The van der Waals surface area contributed by atoms with Crippen molar-refractivity contribution in [2.24, 2.45) is 7.05 Å². The fourth-order valence-corrected chi connectivity index (χ4v) is 2.39. The van der Waals surface area contributed by atoms with Gasteiger partial charge in [-0.1, -0.05) is 0 Å². The van der Waals surface area contributed by atoms with Gasteiger partial charge in [-0.15, -0.1) is 0 Å². The topological polar surface area (TPSA) is 59.4 Å². The highest BCUT2D eigenvalue weighted by molar-refractivity contribution is 5.92. The van der Waals surface area contributed by atoms with Crippen LogP contribution in [0.4, 0.5) is 5.69 Å². The predicted molar refractivity (Wildman–Crippen MR) is 73.0 cm³/mol. The number of nitrogens with one attached hydrogen (secondary N) is 1. The molecule has 1 aliphatic heterocycles. The smallest absolute Gasteiger partial charge is 0.238 e. The lowest BCUT2D eigenvalue weighted by atomic mass is 10.1. The summed E-state index contributed by atoms with van der Waals surface area (Å²) in [5.74, 6) is 0.00471. The predicted octanol–water partition coefficient (Wildman–Crippen LogP) is 0.778. The highest BCUT2D eigenvalue weighted by atomic mass is 16.5. The van der Waals surface area contributed by atoms with Crippen LogP contribution in [0.1, 0.15) is 18.5 Å². The van der Waals surface area contributed by atoms with E-state index in [9.17, 15) is 4.79 Å². The maximum absolute atomic E-state index is 12.0.